The molecule has 15 heavy (non-hydrogen) atoms. The van der Waals surface area contributed by atoms with Gasteiger partial charge in [-0.15, -0.1) is 0 Å². The normalized spacial score (nSPS) is 9.73. The van der Waals surface area contributed by atoms with Crippen LogP contribution in [0.25, 0.3) is 0 Å². The largest absolute Gasteiger partial charge is 1.00 e. The molecule has 0 unspecified atom stereocenters. The zero-order chi connectivity index (χ0) is 10.6. The lowest BCUT2D eigenvalue weighted by atomic mass is 10.3. The Bertz CT molecular complexity index is 323. The van der Waals surface area contributed by atoms with Crippen LogP contribution in [0.4, 0.5) is 0 Å². The molecule has 0 aliphatic carbocycles. The van der Waals surface area contributed by atoms with Gasteiger partial charge in [-0.3, -0.25) is 4.79 Å². The summed E-state index contributed by atoms with van der Waals surface area (Å²) >= 11 is 0. The van der Waals surface area contributed by atoms with E-state index >= 15 is 0 Å². The number of halogens is 1. The van der Waals surface area contributed by atoms with E-state index in [1.807, 2.05) is 28.7 Å². The highest BCUT2D eigenvalue weighted by Gasteiger charge is 2.12. The van der Waals surface area contributed by atoms with E-state index in [1.54, 1.807) is 0 Å². The molecule has 0 spiro atoms. The van der Waals surface area contributed by atoms with Crippen molar-refractivity contribution in [1.29, 1.82) is 0 Å². The van der Waals surface area contributed by atoms with Crippen molar-refractivity contribution in [1.82, 2.24) is 4.57 Å². The number of unbranched alkanes of at least 4 members (excludes halogenated alkanes) is 1. The van der Waals surface area contributed by atoms with E-state index in [-0.39, 0.29) is 23.4 Å². The maximum absolute atomic E-state index is 10.5. The number of carbonyl (C=O) groups is 1. The summed E-state index contributed by atoms with van der Waals surface area (Å²) in [4.78, 5) is 10.5. The number of rotatable bonds is 5. The smallest absolute Gasteiger partial charge is 0.311 e. The number of imidazole rings is 1. The highest BCUT2D eigenvalue weighted by Crippen LogP contribution is 1.97. The van der Waals surface area contributed by atoms with E-state index in [0.717, 1.165) is 25.1 Å². The summed E-state index contributed by atoms with van der Waals surface area (Å²) in [7, 11) is 1.88. The van der Waals surface area contributed by atoms with Crippen molar-refractivity contribution in [2.75, 3.05) is 0 Å². The Morgan fingerprint density at radius 1 is 1.60 bits per heavy atom. The van der Waals surface area contributed by atoms with Crippen LogP contribution in [-0.2, 0) is 24.8 Å². The van der Waals surface area contributed by atoms with Crippen LogP contribution in [0.15, 0.2) is 12.5 Å². The molecule has 0 amide bonds. The number of aryl methyl sites for hydroxylation is 2. The number of carboxylic acid groups (broad SMARTS) is 1. The van der Waals surface area contributed by atoms with Gasteiger partial charge in [-0.05, 0) is 6.42 Å². The van der Waals surface area contributed by atoms with Crippen LogP contribution >= 0.6 is 0 Å². The van der Waals surface area contributed by atoms with Crippen LogP contribution in [0.5, 0.6) is 0 Å². The molecule has 0 fully saturated rings. The van der Waals surface area contributed by atoms with Crippen molar-refractivity contribution >= 4 is 5.97 Å². The van der Waals surface area contributed by atoms with Crippen molar-refractivity contribution in [3.8, 4) is 0 Å². The third-order valence-corrected chi connectivity index (χ3v) is 2.19. The molecule has 0 bridgehead atoms. The maximum Gasteiger partial charge on any atom is 0.311 e. The van der Waals surface area contributed by atoms with Crippen LogP contribution in [0, 0.1) is 0 Å². The Labute approximate surface area is 100 Å². The minimum atomic E-state index is -0.783. The number of hydrogen-bond donors (Lipinski definition) is 1. The Morgan fingerprint density at radius 3 is 2.80 bits per heavy atom. The quantitative estimate of drug-likeness (QED) is 0.618. The third kappa shape index (κ3) is 4.46. The lowest BCUT2D eigenvalue weighted by Gasteiger charge is -1.90. The number of aliphatic carboxylic acids is 1. The molecule has 1 rings (SSSR count). The summed E-state index contributed by atoms with van der Waals surface area (Å²) in [5.74, 6) is -0.783. The molecule has 4 nitrogen and oxygen atoms in total. The molecular weight excluding hydrogens is 260 g/mol. The molecule has 0 radical (unpaired) electrons. The fourth-order valence-electron chi connectivity index (χ4n) is 1.40. The van der Waals surface area contributed by atoms with Crippen LogP contribution in [-0.4, -0.2) is 15.6 Å². The molecule has 0 aliphatic rings. The van der Waals surface area contributed by atoms with E-state index in [2.05, 4.69) is 6.92 Å². The van der Waals surface area contributed by atoms with Gasteiger partial charge in [0.25, 0.3) is 0 Å². The molecular formula is C10H17BrN2O2. The van der Waals surface area contributed by atoms with Crippen molar-refractivity contribution in [2.24, 2.45) is 7.05 Å². The Kier molecular flexibility index (Phi) is 6.24. The van der Waals surface area contributed by atoms with Crippen molar-refractivity contribution in [3.63, 3.8) is 0 Å². The standard InChI is InChI=1S/C10H16N2O2.BrH/c1-3-4-5-12-7-9(6-10(13)14)11(2)8-12;/h7-8H,3-6H2,1-2H3;1H. The second-order valence-corrected chi connectivity index (χ2v) is 3.51. The van der Waals surface area contributed by atoms with Gasteiger partial charge in [-0.2, -0.15) is 0 Å². The van der Waals surface area contributed by atoms with Gasteiger partial charge in [0.05, 0.1) is 13.6 Å². The van der Waals surface area contributed by atoms with E-state index in [1.165, 1.54) is 0 Å². The van der Waals surface area contributed by atoms with E-state index in [4.69, 9.17) is 5.11 Å². The predicted molar refractivity (Wildman–Crippen MR) is 51.9 cm³/mol. The summed E-state index contributed by atoms with van der Waals surface area (Å²) in [5, 5.41) is 8.65. The average Bonchev–Trinajstić information content (AvgIpc) is 2.43. The monoisotopic (exact) mass is 276 g/mol. The second-order valence-electron chi connectivity index (χ2n) is 3.51. The first-order valence-corrected chi connectivity index (χ1v) is 4.89. The van der Waals surface area contributed by atoms with E-state index in [9.17, 15) is 4.79 Å². The lowest BCUT2D eigenvalue weighted by Crippen LogP contribution is -3.00. The van der Waals surface area contributed by atoms with Gasteiger partial charge in [0.15, 0.2) is 5.69 Å². The van der Waals surface area contributed by atoms with Gasteiger partial charge in [0.1, 0.15) is 12.6 Å². The third-order valence-electron chi connectivity index (χ3n) is 2.19. The fourth-order valence-corrected chi connectivity index (χ4v) is 1.40. The average molecular weight is 277 g/mol. The number of carboxylic acids is 1. The molecule has 1 aromatic rings. The van der Waals surface area contributed by atoms with E-state index < -0.39 is 5.97 Å². The number of aromatic nitrogens is 2. The van der Waals surface area contributed by atoms with Crippen molar-refractivity contribution in [2.45, 2.75) is 32.7 Å². The fraction of sp³-hybridized carbons (Fsp3) is 0.600. The molecule has 0 aliphatic heterocycles. The molecule has 1 aromatic heterocycles. The van der Waals surface area contributed by atoms with Gasteiger partial charge in [0, 0.05) is 0 Å². The number of nitrogens with zero attached hydrogens (tertiary/aromatic N) is 2. The van der Waals surface area contributed by atoms with Crippen molar-refractivity contribution in [3.05, 3.63) is 18.2 Å². The van der Waals surface area contributed by atoms with Crippen LogP contribution in [0.2, 0.25) is 0 Å². The first kappa shape index (κ1) is 14.2. The number of hydrogen-bond acceptors (Lipinski definition) is 1. The van der Waals surface area contributed by atoms with Gasteiger partial charge in [-0.1, -0.05) is 13.3 Å². The van der Waals surface area contributed by atoms with Gasteiger partial charge >= 0.3 is 5.97 Å². The van der Waals surface area contributed by atoms with Crippen LogP contribution < -0.4 is 21.5 Å². The van der Waals surface area contributed by atoms with Crippen molar-refractivity contribution < 1.29 is 31.4 Å². The zero-order valence-electron chi connectivity index (χ0n) is 9.11. The molecule has 86 valence electrons. The summed E-state index contributed by atoms with van der Waals surface area (Å²) in [6, 6.07) is 0. The van der Waals surface area contributed by atoms with Gasteiger partial charge < -0.3 is 22.1 Å². The summed E-state index contributed by atoms with van der Waals surface area (Å²) in [6.07, 6.45) is 6.21. The van der Waals surface area contributed by atoms with E-state index in [0.29, 0.717) is 0 Å². The summed E-state index contributed by atoms with van der Waals surface area (Å²) in [6.45, 7) is 3.10. The van der Waals surface area contributed by atoms with Crippen LogP contribution in [0.3, 0.4) is 0 Å². The minimum Gasteiger partial charge on any atom is -1.00 e. The van der Waals surface area contributed by atoms with Gasteiger partial charge in [-0.25, -0.2) is 9.13 Å². The maximum atomic E-state index is 10.5. The molecule has 1 N–H and O–H groups in total. The molecule has 0 saturated carbocycles. The Balaban J connectivity index is 0.00000196. The lowest BCUT2D eigenvalue weighted by molar-refractivity contribution is -0.696. The minimum absolute atomic E-state index is 0. The molecule has 0 saturated heterocycles. The molecule has 1 heterocycles. The van der Waals surface area contributed by atoms with Crippen LogP contribution in [0.1, 0.15) is 25.5 Å². The first-order chi connectivity index (χ1) is 6.63. The highest BCUT2D eigenvalue weighted by molar-refractivity contribution is 5.69. The summed E-state index contributed by atoms with van der Waals surface area (Å²) in [5.41, 5.74) is 0.841. The zero-order valence-corrected chi connectivity index (χ0v) is 10.7. The predicted octanol–water partition coefficient (Wildman–Crippen LogP) is -2.26. The summed E-state index contributed by atoms with van der Waals surface area (Å²) < 4.78 is 3.91. The molecule has 0 atom stereocenters. The Hall–Kier alpha value is -0.840. The molecule has 5 heteroatoms. The highest BCUT2D eigenvalue weighted by atomic mass is 79.9. The second kappa shape index (κ2) is 6.61. The SMILES string of the molecule is CCCC[n+]1cc(CC(=O)O)n(C)c1.[Br-]. The Morgan fingerprint density at radius 2 is 2.27 bits per heavy atom. The molecule has 0 aromatic carbocycles. The van der Waals surface area contributed by atoms with Gasteiger partial charge in [0.2, 0.25) is 6.33 Å². The topological polar surface area (TPSA) is 46.1 Å². The first-order valence-electron chi connectivity index (χ1n) is 4.89.